The number of hydrogen-bond donors (Lipinski definition) is 1. The van der Waals surface area contributed by atoms with E-state index in [4.69, 9.17) is 13.9 Å². The second-order valence-corrected chi connectivity index (χ2v) is 7.16. The second-order valence-electron chi connectivity index (χ2n) is 7.16. The molecule has 2 aromatic carbocycles. The average Bonchev–Trinajstić information content (AvgIpc) is 3.09. The predicted molar refractivity (Wildman–Crippen MR) is 117 cm³/mol. The topological polar surface area (TPSA) is 82.7 Å². The van der Waals surface area contributed by atoms with E-state index in [1.807, 2.05) is 32.0 Å². The molecule has 2 heterocycles. The van der Waals surface area contributed by atoms with Gasteiger partial charge in [0.25, 0.3) is 5.91 Å². The van der Waals surface area contributed by atoms with E-state index in [2.05, 4.69) is 5.43 Å². The van der Waals surface area contributed by atoms with E-state index in [0.29, 0.717) is 28.2 Å². The van der Waals surface area contributed by atoms with Gasteiger partial charge < -0.3 is 13.9 Å². The van der Waals surface area contributed by atoms with Crippen LogP contribution < -0.4 is 20.5 Å². The fraction of sp³-hybridized carbons (Fsp3) is 0.167. The highest BCUT2D eigenvalue weighted by atomic mass is 16.5. The lowest BCUT2D eigenvalue weighted by Gasteiger charge is -2.12. The van der Waals surface area contributed by atoms with Gasteiger partial charge in [-0.3, -0.25) is 14.9 Å². The normalized spacial score (nSPS) is 10.8. The molecule has 4 rings (SSSR count). The van der Waals surface area contributed by atoms with Gasteiger partial charge in [0.15, 0.2) is 0 Å². The molecular formula is C24H22N2O5. The van der Waals surface area contributed by atoms with Crippen LogP contribution in [0.3, 0.4) is 0 Å². The molecule has 31 heavy (non-hydrogen) atoms. The Morgan fingerprint density at radius 2 is 1.65 bits per heavy atom. The van der Waals surface area contributed by atoms with Crippen molar-refractivity contribution in [3.05, 3.63) is 93.6 Å². The Labute approximate surface area is 178 Å². The van der Waals surface area contributed by atoms with E-state index in [9.17, 15) is 9.59 Å². The number of nitrogens with one attached hydrogen (secondary N) is 1. The molecule has 0 spiro atoms. The Kier molecular flexibility index (Phi) is 5.49. The number of ether oxygens (including phenoxy) is 2. The fourth-order valence-corrected chi connectivity index (χ4v) is 3.33. The minimum absolute atomic E-state index is 0.182. The van der Waals surface area contributed by atoms with Gasteiger partial charge in [0, 0.05) is 40.0 Å². The standard InChI is InChI=1S/C24H22N2O5/c1-15-4-5-16(2)26(15)25-24(28)17-6-8-19(9-7-17)30-14-18-12-23(27)31-22-13-20(29-3)10-11-21(18)22/h4-13H,14H2,1-3H3,(H,25,28). The third-order valence-corrected chi connectivity index (χ3v) is 5.03. The second kappa shape index (κ2) is 8.39. The number of rotatable bonds is 6. The smallest absolute Gasteiger partial charge is 0.336 e. The lowest BCUT2D eigenvalue weighted by atomic mass is 10.1. The average molecular weight is 418 g/mol. The Balaban J connectivity index is 1.47. The number of methoxy groups -OCH3 is 1. The summed E-state index contributed by atoms with van der Waals surface area (Å²) in [5.41, 5.74) is 5.96. The lowest BCUT2D eigenvalue weighted by molar-refractivity contribution is 0.101. The van der Waals surface area contributed by atoms with Crippen LogP contribution in [-0.2, 0) is 6.61 Å². The summed E-state index contributed by atoms with van der Waals surface area (Å²) in [5, 5.41) is 0.772. The van der Waals surface area contributed by atoms with Gasteiger partial charge in [0.2, 0.25) is 0 Å². The number of aromatic nitrogens is 1. The molecule has 158 valence electrons. The Morgan fingerprint density at radius 1 is 0.968 bits per heavy atom. The van der Waals surface area contributed by atoms with Crippen LogP contribution in [0.2, 0.25) is 0 Å². The highest BCUT2D eigenvalue weighted by molar-refractivity contribution is 6.00. The lowest BCUT2D eigenvalue weighted by Crippen LogP contribution is -2.24. The summed E-state index contributed by atoms with van der Waals surface area (Å²) in [6.07, 6.45) is 0. The zero-order valence-electron chi connectivity index (χ0n) is 17.5. The van der Waals surface area contributed by atoms with E-state index in [-0.39, 0.29) is 12.5 Å². The number of fused-ring (bicyclic) bond motifs is 1. The minimum atomic E-state index is -0.457. The van der Waals surface area contributed by atoms with Gasteiger partial charge in [-0.05, 0) is 62.4 Å². The zero-order chi connectivity index (χ0) is 22.0. The Bertz CT molecular complexity index is 1280. The van der Waals surface area contributed by atoms with Gasteiger partial charge in [-0.25, -0.2) is 4.79 Å². The zero-order valence-corrected chi connectivity index (χ0v) is 17.5. The highest BCUT2D eigenvalue weighted by Crippen LogP contribution is 2.24. The van der Waals surface area contributed by atoms with Crippen LogP contribution in [0, 0.1) is 13.8 Å². The molecule has 4 aromatic rings. The number of amides is 1. The van der Waals surface area contributed by atoms with Gasteiger partial charge in [-0.2, -0.15) is 0 Å². The van der Waals surface area contributed by atoms with Crippen molar-refractivity contribution in [3.8, 4) is 11.5 Å². The number of aryl methyl sites for hydroxylation is 2. The summed E-state index contributed by atoms with van der Waals surface area (Å²) < 4.78 is 18.0. The Hall–Kier alpha value is -4.00. The SMILES string of the molecule is COc1ccc2c(COc3ccc(C(=O)Nn4c(C)ccc4C)cc3)cc(=O)oc2c1. The van der Waals surface area contributed by atoms with Crippen molar-refractivity contribution in [1.82, 2.24) is 4.68 Å². The van der Waals surface area contributed by atoms with Crippen molar-refractivity contribution < 1.29 is 18.7 Å². The van der Waals surface area contributed by atoms with Crippen LogP contribution in [-0.4, -0.2) is 17.7 Å². The molecule has 0 radical (unpaired) electrons. The first-order valence-corrected chi connectivity index (χ1v) is 9.74. The quantitative estimate of drug-likeness (QED) is 0.475. The molecule has 0 aliphatic rings. The molecule has 7 nitrogen and oxygen atoms in total. The third-order valence-electron chi connectivity index (χ3n) is 5.03. The summed E-state index contributed by atoms with van der Waals surface area (Å²) in [4.78, 5) is 24.4. The maximum absolute atomic E-state index is 12.5. The molecule has 0 unspecified atom stereocenters. The fourth-order valence-electron chi connectivity index (χ4n) is 3.33. The van der Waals surface area contributed by atoms with Crippen LogP contribution in [0.5, 0.6) is 11.5 Å². The van der Waals surface area contributed by atoms with Crippen LogP contribution in [0.25, 0.3) is 11.0 Å². The molecule has 0 bridgehead atoms. The Morgan fingerprint density at radius 3 is 2.32 bits per heavy atom. The molecular weight excluding hydrogens is 396 g/mol. The van der Waals surface area contributed by atoms with Gasteiger partial charge in [0.1, 0.15) is 23.7 Å². The third kappa shape index (κ3) is 4.30. The van der Waals surface area contributed by atoms with Gasteiger partial charge >= 0.3 is 5.63 Å². The molecule has 7 heteroatoms. The van der Waals surface area contributed by atoms with Crippen LogP contribution in [0.15, 0.2) is 69.9 Å². The number of carbonyl (C=O) groups is 1. The highest BCUT2D eigenvalue weighted by Gasteiger charge is 2.10. The minimum Gasteiger partial charge on any atom is -0.497 e. The first kappa shape index (κ1) is 20.3. The molecule has 0 aliphatic heterocycles. The van der Waals surface area contributed by atoms with Gasteiger partial charge in [0.05, 0.1) is 7.11 Å². The molecule has 1 N–H and O–H groups in total. The van der Waals surface area contributed by atoms with Gasteiger partial charge in [-0.1, -0.05) is 0 Å². The number of carbonyl (C=O) groups excluding carboxylic acids is 1. The van der Waals surface area contributed by atoms with Crippen molar-refractivity contribution in [1.29, 1.82) is 0 Å². The molecule has 0 saturated carbocycles. The van der Waals surface area contributed by atoms with Crippen LogP contribution in [0.4, 0.5) is 0 Å². The van der Waals surface area contributed by atoms with E-state index in [1.165, 1.54) is 6.07 Å². The predicted octanol–water partition coefficient (Wildman–Crippen LogP) is 4.18. The van der Waals surface area contributed by atoms with Crippen molar-refractivity contribution in [2.75, 3.05) is 12.5 Å². The van der Waals surface area contributed by atoms with Gasteiger partial charge in [-0.15, -0.1) is 0 Å². The van der Waals surface area contributed by atoms with E-state index in [1.54, 1.807) is 48.2 Å². The largest absolute Gasteiger partial charge is 0.497 e. The maximum Gasteiger partial charge on any atom is 0.336 e. The van der Waals surface area contributed by atoms with Crippen LogP contribution in [0.1, 0.15) is 27.3 Å². The first-order valence-electron chi connectivity index (χ1n) is 9.74. The molecule has 0 fully saturated rings. The van der Waals surface area contributed by atoms with E-state index in [0.717, 1.165) is 16.8 Å². The van der Waals surface area contributed by atoms with E-state index >= 15 is 0 Å². The van der Waals surface area contributed by atoms with E-state index < -0.39 is 5.63 Å². The van der Waals surface area contributed by atoms with Crippen molar-refractivity contribution >= 4 is 16.9 Å². The molecule has 0 atom stereocenters. The summed E-state index contributed by atoms with van der Waals surface area (Å²) in [5.74, 6) is 0.974. The molecule has 1 amide bonds. The van der Waals surface area contributed by atoms with Crippen molar-refractivity contribution in [3.63, 3.8) is 0 Å². The van der Waals surface area contributed by atoms with Crippen LogP contribution >= 0.6 is 0 Å². The first-order chi connectivity index (χ1) is 14.9. The number of benzene rings is 2. The maximum atomic E-state index is 12.5. The summed E-state index contributed by atoms with van der Waals surface area (Å²) in [7, 11) is 1.55. The summed E-state index contributed by atoms with van der Waals surface area (Å²) in [6.45, 7) is 4.03. The molecule has 0 aliphatic carbocycles. The monoisotopic (exact) mass is 418 g/mol. The number of nitrogens with zero attached hydrogens (tertiary/aromatic N) is 1. The van der Waals surface area contributed by atoms with Crippen molar-refractivity contribution in [2.24, 2.45) is 0 Å². The van der Waals surface area contributed by atoms with Crippen molar-refractivity contribution in [2.45, 2.75) is 20.5 Å². The summed E-state index contributed by atoms with van der Waals surface area (Å²) in [6, 6.07) is 17.4. The molecule has 0 saturated heterocycles. The molecule has 2 aromatic heterocycles. The number of hydrogen-bond acceptors (Lipinski definition) is 5. The summed E-state index contributed by atoms with van der Waals surface area (Å²) >= 11 is 0.